The lowest BCUT2D eigenvalue weighted by atomic mass is 10.1. The summed E-state index contributed by atoms with van der Waals surface area (Å²) in [5.41, 5.74) is 5.27. The van der Waals surface area contributed by atoms with E-state index in [0.717, 1.165) is 0 Å². The summed E-state index contributed by atoms with van der Waals surface area (Å²) in [6.07, 6.45) is 1.29. The SMILES string of the molecule is CC1(C)COCCN1S(=O)(=O)c1ccc(C(N)=S)nc1. The molecule has 0 spiro atoms. The standard InChI is InChI=1S/C12H17N3O3S2/c1-12(2)8-18-6-5-15(12)20(16,17)9-3-4-10(11(13)19)14-7-9/h3-4,7H,5-6,8H2,1-2H3,(H2,13,19). The molecule has 110 valence electrons. The fraction of sp³-hybridized carbons (Fsp3) is 0.500. The van der Waals surface area contributed by atoms with E-state index in [1.54, 1.807) is 0 Å². The maximum Gasteiger partial charge on any atom is 0.245 e. The van der Waals surface area contributed by atoms with E-state index in [-0.39, 0.29) is 9.88 Å². The third kappa shape index (κ3) is 2.83. The van der Waals surface area contributed by atoms with E-state index in [1.807, 2.05) is 13.8 Å². The Bertz CT molecular complexity index is 611. The first-order valence-corrected chi connectivity index (χ1v) is 7.96. The van der Waals surface area contributed by atoms with Crippen molar-refractivity contribution in [1.82, 2.24) is 9.29 Å². The Morgan fingerprint density at radius 3 is 2.70 bits per heavy atom. The molecule has 1 fully saturated rings. The molecule has 1 aliphatic rings. The summed E-state index contributed by atoms with van der Waals surface area (Å²) in [6, 6.07) is 2.99. The highest BCUT2D eigenvalue weighted by molar-refractivity contribution is 7.89. The van der Waals surface area contributed by atoms with Crippen LogP contribution in [0.3, 0.4) is 0 Å². The molecule has 0 radical (unpaired) electrons. The van der Waals surface area contributed by atoms with Gasteiger partial charge in [-0.25, -0.2) is 8.42 Å². The Kier molecular flexibility index (Phi) is 4.10. The number of pyridine rings is 1. The van der Waals surface area contributed by atoms with Crippen molar-refractivity contribution in [3.63, 3.8) is 0 Å². The molecule has 20 heavy (non-hydrogen) atoms. The number of hydrogen-bond acceptors (Lipinski definition) is 5. The maximum absolute atomic E-state index is 12.7. The van der Waals surface area contributed by atoms with Gasteiger partial charge in [-0.15, -0.1) is 0 Å². The number of ether oxygens (including phenoxy) is 1. The summed E-state index contributed by atoms with van der Waals surface area (Å²) in [4.78, 5) is 4.26. The highest BCUT2D eigenvalue weighted by atomic mass is 32.2. The van der Waals surface area contributed by atoms with Crippen LogP contribution in [0.2, 0.25) is 0 Å². The van der Waals surface area contributed by atoms with Gasteiger partial charge in [0.05, 0.1) is 24.4 Å². The van der Waals surface area contributed by atoms with Gasteiger partial charge in [0.25, 0.3) is 0 Å². The molecular weight excluding hydrogens is 298 g/mol. The lowest BCUT2D eigenvalue weighted by Gasteiger charge is -2.40. The lowest BCUT2D eigenvalue weighted by molar-refractivity contribution is -0.00771. The van der Waals surface area contributed by atoms with Gasteiger partial charge in [-0.1, -0.05) is 12.2 Å². The summed E-state index contributed by atoms with van der Waals surface area (Å²) < 4.78 is 32.1. The first-order valence-electron chi connectivity index (χ1n) is 6.11. The van der Waals surface area contributed by atoms with Gasteiger partial charge in [-0.2, -0.15) is 4.31 Å². The van der Waals surface area contributed by atoms with E-state index in [4.69, 9.17) is 22.7 Å². The third-order valence-electron chi connectivity index (χ3n) is 3.15. The van der Waals surface area contributed by atoms with E-state index >= 15 is 0 Å². The minimum absolute atomic E-state index is 0.132. The van der Waals surface area contributed by atoms with Crippen molar-refractivity contribution >= 4 is 27.2 Å². The van der Waals surface area contributed by atoms with Crippen molar-refractivity contribution in [2.45, 2.75) is 24.3 Å². The second kappa shape index (κ2) is 5.36. The quantitative estimate of drug-likeness (QED) is 0.818. The van der Waals surface area contributed by atoms with Crippen LogP contribution >= 0.6 is 12.2 Å². The first kappa shape index (κ1) is 15.3. The fourth-order valence-corrected chi connectivity index (χ4v) is 3.91. The largest absolute Gasteiger partial charge is 0.388 e. The number of aromatic nitrogens is 1. The van der Waals surface area contributed by atoms with Gasteiger partial charge < -0.3 is 10.5 Å². The van der Waals surface area contributed by atoms with Crippen molar-refractivity contribution < 1.29 is 13.2 Å². The molecule has 0 aliphatic carbocycles. The number of nitrogens with two attached hydrogens (primary N) is 1. The smallest absolute Gasteiger partial charge is 0.245 e. The van der Waals surface area contributed by atoms with Crippen LogP contribution in [-0.4, -0.2) is 48.0 Å². The van der Waals surface area contributed by atoms with Gasteiger partial charge >= 0.3 is 0 Å². The van der Waals surface area contributed by atoms with E-state index in [9.17, 15) is 8.42 Å². The summed E-state index contributed by atoms with van der Waals surface area (Å²) in [6.45, 7) is 4.75. The molecule has 1 aliphatic heterocycles. The van der Waals surface area contributed by atoms with Crippen molar-refractivity contribution in [1.29, 1.82) is 0 Å². The molecule has 0 atom stereocenters. The molecule has 0 amide bonds. The summed E-state index contributed by atoms with van der Waals surface area (Å²) in [5.74, 6) is 0. The Labute approximate surface area is 124 Å². The molecule has 1 aromatic rings. The monoisotopic (exact) mass is 315 g/mol. The lowest BCUT2D eigenvalue weighted by Crippen LogP contribution is -2.55. The van der Waals surface area contributed by atoms with Crippen LogP contribution < -0.4 is 5.73 Å². The first-order chi connectivity index (χ1) is 9.25. The van der Waals surface area contributed by atoms with Crippen molar-refractivity contribution in [2.24, 2.45) is 5.73 Å². The number of nitrogens with zero attached hydrogens (tertiary/aromatic N) is 2. The van der Waals surface area contributed by atoms with E-state index in [1.165, 1.54) is 22.6 Å². The van der Waals surface area contributed by atoms with E-state index in [0.29, 0.717) is 25.5 Å². The normalized spacial score (nSPS) is 19.7. The summed E-state index contributed by atoms with van der Waals surface area (Å²) >= 11 is 4.80. The van der Waals surface area contributed by atoms with Crippen LogP contribution in [0.15, 0.2) is 23.2 Å². The average molecular weight is 315 g/mol. The number of rotatable bonds is 3. The average Bonchev–Trinajstić information content (AvgIpc) is 2.38. The maximum atomic E-state index is 12.7. The molecule has 2 rings (SSSR count). The van der Waals surface area contributed by atoms with Crippen molar-refractivity contribution in [2.75, 3.05) is 19.8 Å². The number of sulfonamides is 1. The zero-order valence-electron chi connectivity index (χ0n) is 11.4. The molecule has 8 heteroatoms. The Morgan fingerprint density at radius 2 is 2.20 bits per heavy atom. The van der Waals surface area contributed by atoms with Gasteiger partial charge in [0, 0.05) is 12.7 Å². The molecule has 0 unspecified atom stereocenters. The predicted octanol–water partition coefficient (Wildman–Crippen LogP) is 0.515. The van der Waals surface area contributed by atoms with Gasteiger partial charge in [-0.3, -0.25) is 4.98 Å². The van der Waals surface area contributed by atoms with Crippen LogP contribution in [-0.2, 0) is 14.8 Å². The van der Waals surface area contributed by atoms with Crippen LogP contribution in [0.5, 0.6) is 0 Å². The zero-order valence-corrected chi connectivity index (χ0v) is 13.0. The fourth-order valence-electron chi connectivity index (χ4n) is 2.10. The molecule has 2 heterocycles. The highest BCUT2D eigenvalue weighted by Gasteiger charge is 2.39. The van der Waals surface area contributed by atoms with Crippen LogP contribution in [0, 0.1) is 0 Å². The molecular formula is C12H17N3O3S2. The Balaban J connectivity index is 2.36. The number of morpholine rings is 1. The van der Waals surface area contributed by atoms with Crippen LogP contribution in [0.1, 0.15) is 19.5 Å². The van der Waals surface area contributed by atoms with Gasteiger partial charge in [0.1, 0.15) is 9.88 Å². The van der Waals surface area contributed by atoms with E-state index in [2.05, 4.69) is 4.98 Å². The molecule has 2 N–H and O–H groups in total. The minimum atomic E-state index is -3.61. The molecule has 6 nitrogen and oxygen atoms in total. The molecule has 0 bridgehead atoms. The third-order valence-corrected chi connectivity index (χ3v) is 5.45. The van der Waals surface area contributed by atoms with Crippen molar-refractivity contribution in [3.05, 3.63) is 24.0 Å². The van der Waals surface area contributed by atoms with E-state index < -0.39 is 15.6 Å². The zero-order chi connectivity index (χ0) is 15.0. The topological polar surface area (TPSA) is 85.5 Å². The number of thiocarbonyl (C=S) groups is 1. The Hall–Kier alpha value is -1.09. The molecule has 0 saturated carbocycles. The van der Waals surface area contributed by atoms with Gasteiger partial charge in [0.15, 0.2) is 0 Å². The van der Waals surface area contributed by atoms with Crippen LogP contribution in [0.25, 0.3) is 0 Å². The molecule has 1 saturated heterocycles. The van der Waals surface area contributed by atoms with Gasteiger partial charge in [-0.05, 0) is 26.0 Å². The van der Waals surface area contributed by atoms with Gasteiger partial charge in [0.2, 0.25) is 10.0 Å². The number of hydrogen-bond donors (Lipinski definition) is 1. The van der Waals surface area contributed by atoms with Crippen LogP contribution in [0.4, 0.5) is 0 Å². The predicted molar refractivity (Wildman–Crippen MR) is 78.9 cm³/mol. The Morgan fingerprint density at radius 1 is 1.50 bits per heavy atom. The second-order valence-corrected chi connectivity index (χ2v) is 7.49. The highest BCUT2D eigenvalue weighted by Crippen LogP contribution is 2.27. The summed E-state index contributed by atoms with van der Waals surface area (Å²) in [7, 11) is -3.61. The molecule has 1 aromatic heterocycles. The molecule has 0 aromatic carbocycles. The minimum Gasteiger partial charge on any atom is -0.388 e. The van der Waals surface area contributed by atoms with Crippen molar-refractivity contribution in [3.8, 4) is 0 Å². The summed E-state index contributed by atoms with van der Waals surface area (Å²) in [5, 5.41) is 0. The second-order valence-electron chi connectivity index (χ2n) is 5.19.